The predicted octanol–water partition coefficient (Wildman–Crippen LogP) is 4.40. The number of nitrogens with one attached hydrogen (secondary N) is 1. The zero-order valence-corrected chi connectivity index (χ0v) is 11.4. The van der Waals surface area contributed by atoms with E-state index >= 15 is 0 Å². The molecule has 1 heterocycles. The van der Waals surface area contributed by atoms with Crippen molar-refractivity contribution < 1.29 is 9.13 Å². The van der Waals surface area contributed by atoms with Crippen molar-refractivity contribution in [2.45, 2.75) is 20.0 Å². The standard InChI is InChI=1S/C14H14ClFN2O/c1-9(2)19-13-4-3-7-17-14(13)18-10-5-6-12(16)11(15)8-10/h3-9H,1-2H3,(H,17,18). The molecule has 3 nitrogen and oxygen atoms in total. The second kappa shape index (κ2) is 5.89. The Hall–Kier alpha value is -1.81. The first-order valence-corrected chi connectivity index (χ1v) is 6.28. The van der Waals surface area contributed by atoms with E-state index in [-0.39, 0.29) is 11.1 Å². The summed E-state index contributed by atoms with van der Waals surface area (Å²) in [4.78, 5) is 4.21. The van der Waals surface area contributed by atoms with Gasteiger partial charge in [-0.25, -0.2) is 9.37 Å². The first-order valence-electron chi connectivity index (χ1n) is 5.90. The van der Waals surface area contributed by atoms with Gasteiger partial charge in [-0.1, -0.05) is 11.6 Å². The fraction of sp³-hybridized carbons (Fsp3) is 0.214. The lowest BCUT2D eigenvalue weighted by atomic mass is 10.3. The fourth-order valence-corrected chi connectivity index (χ4v) is 1.72. The van der Waals surface area contributed by atoms with Crippen molar-refractivity contribution >= 4 is 23.1 Å². The van der Waals surface area contributed by atoms with Crippen molar-refractivity contribution in [1.82, 2.24) is 4.98 Å². The van der Waals surface area contributed by atoms with Gasteiger partial charge in [0.05, 0.1) is 11.1 Å². The maximum atomic E-state index is 13.1. The summed E-state index contributed by atoms with van der Waals surface area (Å²) in [5, 5.41) is 3.12. The van der Waals surface area contributed by atoms with E-state index in [1.807, 2.05) is 19.9 Å². The lowest BCUT2D eigenvalue weighted by molar-refractivity contribution is 0.243. The third-order valence-electron chi connectivity index (χ3n) is 2.32. The molecule has 0 saturated heterocycles. The molecule has 0 saturated carbocycles. The number of benzene rings is 1. The van der Waals surface area contributed by atoms with E-state index in [0.717, 1.165) is 0 Å². The third kappa shape index (κ3) is 3.58. The third-order valence-corrected chi connectivity index (χ3v) is 2.61. The second-order valence-corrected chi connectivity index (χ2v) is 4.68. The van der Waals surface area contributed by atoms with Crippen molar-refractivity contribution in [3.8, 4) is 5.75 Å². The van der Waals surface area contributed by atoms with Gasteiger partial charge in [0.25, 0.3) is 0 Å². The van der Waals surface area contributed by atoms with Crippen LogP contribution in [0.1, 0.15) is 13.8 Å². The lowest BCUT2D eigenvalue weighted by Gasteiger charge is -2.14. The van der Waals surface area contributed by atoms with E-state index in [4.69, 9.17) is 16.3 Å². The van der Waals surface area contributed by atoms with Crippen LogP contribution in [-0.4, -0.2) is 11.1 Å². The molecule has 0 aliphatic rings. The monoisotopic (exact) mass is 280 g/mol. The van der Waals surface area contributed by atoms with E-state index in [0.29, 0.717) is 17.3 Å². The molecule has 2 aromatic rings. The van der Waals surface area contributed by atoms with E-state index in [1.165, 1.54) is 12.1 Å². The highest BCUT2D eigenvalue weighted by atomic mass is 35.5. The van der Waals surface area contributed by atoms with Gasteiger partial charge in [0, 0.05) is 11.9 Å². The minimum absolute atomic E-state index is 0.0431. The Kier molecular flexibility index (Phi) is 4.22. The number of aromatic nitrogens is 1. The number of nitrogens with zero attached hydrogens (tertiary/aromatic N) is 1. The van der Waals surface area contributed by atoms with Crippen LogP contribution in [0.4, 0.5) is 15.9 Å². The van der Waals surface area contributed by atoms with Crippen LogP contribution in [0, 0.1) is 5.82 Å². The van der Waals surface area contributed by atoms with Crippen molar-refractivity contribution in [3.63, 3.8) is 0 Å². The average Bonchev–Trinajstić information content (AvgIpc) is 2.36. The number of halogens is 2. The summed E-state index contributed by atoms with van der Waals surface area (Å²) in [6, 6.07) is 8.01. The van der Waals surface area contributed by atoms with Crippen LogP contribution >= 0.6 is 11.6 Å². The Morgan fingerprint density at radius 3 is 2.79 bits per heavy atom. The molecule has 100 valence electrons. The molecule has 0 fully saturated rings. The lowest BCUT2D eigenvalue weighted by Crippen LogP contribution is -2.08. The largest absolute Gasteiger partial charge is 0.487 e. The second-order valence-electron chi connectivity index (χ2n) is 4.27. The smallest absolute Gasteiger partial charge is 0.173 e. The molecule has 0 unspecified atom stereocenters. The van der Waals surface area contributed by atoms with Gasteiger partial charge in [-0.3, -0.25) is 0 Å². The molecule has 1 aromatic heterocycles. The Labute approximate surface area is 116 Å². The molecule has 0 aliphatic heterocycles. The molecule has 0 radical (unpaired) electrons. The number of pyridine rings is 1. The zero-order chi connectivity index (χ0) is 13.8. The van der Waals surface area contributed by atoms with Gasteiger partial charge in [0.15, 0.2) is 11.6 Å². The molecule has 1 N–H and O–H groups in total. The van der Waals surface area contributed by atoms with Gasteiger partial charge >= 0.3 is 0 Å². The highest BCUT2D eigenvalue weighted by Crippen LogP contribution is 2.27. The molecule has 0 amide bonds. The minimum atomic E-state index is -0.452. The number of rotatable bonds is 4. The van der Waals surface area contributed by atoms with E-state index in [2.05, 4.69) is 10.3 Å². The maximum Gasteiger partial charge on any atom is 0.173 e. The van der Waals surface area contributed by atoms with Crippen molar-refractivity contribution in [3.05, 3.63) is 47.4 Å². The summed E-state index contributed by atoms with van der Waals surface area (Å²) in [6.45, 7) is 3.87. The van der Waals surface area contributed by atoms with Gasteiger partial charge < -0.3 is 10.1 Å². The average molecular weight is 281 g/mol. The molecule has 19 heavy (non-hydrogen) atoms. The van der Waals surface area contributed by atoms with Crippen LogP contribution in [-0.2, 0) is 0 Å². The molecule has 0 spiro atoms. The topological polar surface area (TPSA) is 34.1 Å². The summed E-state index contributed by atoms with van der Waals surface area (Å²) >= 11 is 5.74. The summed E-state index contributed by atoms with van der Waals surface area (Å²) in [5.74, 6) is 0.753. The maximum absolute atomic E-state index is 13.1. The quantitative estimate of drug-likeness (QED) is 0.901. The molecular formula is C14H14ClFN2O. The number of hydrogen-bond acceptors (Lipinski definition) is 3. The molecule has 2 rings (SSSR count). The Morgan fingerprint density at radius 1 is 1.32 bits per heavy atom. The Balaban J connectivity index is 2.25. The molecule has 1 aromatic carbocycles. The number of hydrogen-bond donors (Lipinski definition) is 1. The molecular weight excluding hydrogens is 267 g/mol. The number of anilines is 2. The van der Waals surface area contributed by atoms with Crippen LogP contribution in [0.2, 0.25) is 5.02 Å². The fourth-order valence-electron chi connectivity index (χ4n) is 1.54. The van der Waals surface area contributed by atoms with Crippen LogP contribution in [0.3, 0.4) is 0 Å². The Morgan fingerprint density at radius 2 is 2.11 bits per heavy atom. The Bertz CT molecular complexity index is 575. The van der Waals surface area contributed by atoms with E-state index in [1.54, 1.807) is 18.3 Å². The predicted molar refractivity (Wildman–Crippen MR) is 74.7 cm³/mol. The van der Waals surface area contributed by atoms with Crippen LogP contribution in [0.15, 0.2) is 36.5 Å². The molecule has 0 atom stereocenters. The molecule has 0 bridgehead atoms. The highest BCUT2D eigenvalue weighted by Gasteiger charge is 2.08. The summed E-state index contributed by atoms with van der Waals surface area (Å²) in [7, 11) is 0. The zero-order valence-electron chi connectivity index (χ0n) is 10.7. The summed E-state index contributed by atoms with van der Waals surface area (Å²) < 4.78 is 18.7. The van der Waals surface area contributed by atoms with E-state index < -0.39 is 5.82 Å². The van der Waals surface area contributed by atoms with Gasteiger partial charge in [-0.15, -0.1) is 0 Å². The molecule has 0 aliphatic carbocycles. The van der Waals surface area contributed by atoms with Crippen LogP contribution in [0.25, 0.3) is 0 Å². The van der Waals surface area contributed by atoms with Gasteiger partial charge in [0.2, 0.25) is 0 Å². The number of ether oxygens (including phenoxy) is 1. The summed E-state index contributed by atoms with van der Waals surface area (Å²) in [6.07, 6.45) is 1.70. The minimum Gasteiger partial charge on any atom is -0.487 e. The van der Waals surface area contributed by atoms with Gasteiger partial charge in [0.1, 0.15) is 5.82 Å². The van der Waals surface area contributed by atoms with Crippen molar-refractivity contribution in [1.29, 1.82) is 0 Å². The molecule has 5 heteroatoms. The first-order chi connectivity index (χ1) is 9.06. The SMILES string of the molecule is CC(C)Oc1cccnc1Nc1ccc(F)c(Cl)c1. The van der Waals surface area contributed by atoms with Gasteiger partial charge in [-0.2, -0.15) is 0 Å². The van der Waals surface area contributed by atoms with E-state index in [9.17, 15) is 4.39 Å². The normalized spacial score (nSPS) is 10.6. The van der Waals surface area contributed by atoms with Crippen molar-refractivity contribution in [2.24, 2.45) is 0 Å². The van der Waals surface area contributed by atoms with Crippen molar-refractivity contribution in [2.75, 3.05) is 5.32 Å². The highest BCUT2D eigenvalue weighted by molar-refractivity contribution is 6.31. The summed E-state index contributed by atoms with van der Waals surface area (Å²) in [5.41, 5.74) is 0.652. The van der Waals surface area contributed by atoms with Crippen LogP contribution < -0.4 is 10.1 Å². The van der Waals surface area contributed by atoms with Crippen LogP contribution in [0.5, 0.6) is 5.75 Å². The first kappa shape index (κ1) is 13.6. The van der Waals surface area contributed by atoms with Gasteiger partial charge in [-0.05, 0) is 44.2 Å².